The maximum absolute atomic E-state index is 5.14. The number of nitrogens with zero attached hydrogens (tertiary/aromatic N) is 4. The van der Waals surface area contributed by atoms with Gasteiger partial charge < -0.3 is 15.4 Å². The van der Waals surface area contributed by atoms with Crippen LogP contribution in [0.2, 0.25) is 0 Å². The molecule has 3 rings (SSSR count). The SMILES string of the molecule is CCNC(=NCCCCCc1ccccc1)NC1CCc2nc(COC)nn2C1.I. The summed E-state index contributed by atoms with van der Waals surface area (Å²) in [5.41, 5.74) is 1.42. The zero-order valence-corrected chi connectivity index (χ0v) is 20.5. The number of benzene rings is 1. The smallest absolute Gasteiger partial charge is 0.191 e. The summed E-state index contributed by atoms with van der Waals surface area (Å²) in [6.45, 7) is 5.09. The lowest BCUT2D eigenvalue weighted by atomic mass is 10.1. The number of nitrogens with one attached hydrogen (secondary N) is 2. The minimum Gasteiger partial charge on any atom is -0.377 e. The highest BCUT2D eigenvalue weighted by molar-refractivity contribution is 14.0. The summed E-state index contributed by atoms with van der Waals surface area (Å²) in [7, 11) is 1.67. The highest BCUT2D eigenvalue weighted by Gasteiger charge is 2.22. The molecule has 2 heterocycles. The van der Waals surface area contributed by atoms with Gasteiger partial charge in [0, 0.05) is 32.7 Å². The highest BCUT2D eigenvalue weighted by atomic mass is 127. The average Bonchev–Trinajstić information content (AvgIpc) is 3.13. The molecule has 0 fully saturated rings. The zero-order valence-electron chi connectivity index (χ0n) is 18.1. The van der Waals surface area contributed by atoms with E-state index in [4.69, 9.17) is 9.73 Å². The second kappa shape index (κ2) is 13.6. The standard InChI is InChI=1S/C22H34N6O.HI/c1-3-23-22(24-15-9-5-8-12-18-10-6-4-7-11-18)25-19-13-14-21-26-20(17-29-2)27-28(21)16-19;/h4,6-7,10-11,19H,3,5,8-9,12-17H2,1-2H3,(H2,23,24,25);1H. The number of unbranched alkanes of at least 4 members (excludes halogenated alkanes) is 2. The Balaban J connectivity index is 0.00000320. The van der Waals surface area contributed by atoms with Crippen LogP contribution in [0.15, 0.2) is 35.3 Å². The van der Waals surface area contributed by atoms with E-state index in [1.54, 1.807) is 7.11 Å². The quantitative estimate of drug-likeness (QED) is 0.215. The Morgan fingerprint density at radius 2 is 2.07 bits per heavy atom. The van der Waals surface area contributed by atoms with E-state index >= 15 is 0 Å². The van der Waals surface area contributed by atoms with Gasteiger partial charge in [-0.3, -0.25) is 4.99 Å². The lowest BCUT2D eigenvalue weighted by molar-refractivity contribution is 0.177. The van der Waals surface area contributed by atoms with E-state index in [1.807, 2.05) is 4.68 Å². The normalized spacial score (nSPS) is 15.9. The Bertz CT molecular complexity index is 764. The van der Waals surface area contributed by atoms with Crippen LogP contribution in [-0.2, 0) is 30.7 Å². The van der Waals surface area contributed by atoms with Crippen LogP contribution < -0.4 is 10.6 Å². The van der Waals surface area contributed by atoms with Gasteiger partial charge in [-0.05, 0) is 38.2 Å². The molecule has 7 nitrogen and oxygen atoms in total. The minimum atomic E-state index is 0. The number of hydrogen-bond acceptors (Lipinski definition) is 4. The first-order valence-corrected chi connectivity index (χ1v) is 10.8. The van der Waals surface area contributed by atoms with Gasteiger partial charge in [0.1, 0.15) is 12.4 Å². The van der Waals surface area contributed by atoms with Gasteiger partial charge in [0.2, 0.25) is 0 Å². The van der Waals surface area contributed by atoms with E-state index < -0.39 is 0 Å². The molecule has 8 heteroatoms. The van der Waals surface area contributed by atoms with Crippen molar-refractivity contribution in [2.45, 2.75) is 64.6 Å². The molecular weight excluding hydrogens is 491 g/mol. The van der Waals surface area contributed by atoms with Crippen molar-refractivity contribution in [3.05, 3.63) is 47.5 Å². The minimum absolute atomic E-state index is 0. The molecule has 1 aromatic carbocycles. The first-order valence-electron chi connectivity index (χ1n) is 10.8. The van der Waals surface area contributed by atoms with E-state index in [-0.39, 0.29) is 24.0 Å². The predicted molar refractivity (Wildman–Crippen MR) is 131 cm³/mol. The zero-order chi connectivity index (χ0) is 20.3. The number of aliphatic imine (C=N–C) groups is 1. The second-order valence-electron chi connectivity index (χ2n) is 7.50. The number of fused-ring (bicyclic) bond motifs is 1. The molecule has 0 aliphatic carbocycles. The highest BCUT2D eigenvalue weighted by Crippen LogP contribution is 2.13. The van der Waals surface area contributed by atoms with Gasteiger partial charge in [0.25, 0.3) is 0 Å². The monoisotopic (exact) mass is 526 g/mol. The van der Waals surface area contributed by atoms with Crippen LogP contribution in [0.25, 0.3) is 0 Å². The predicted octanol–water partition coefficient (Wildman–Crippen LogP) is 3.33. The molecule has 1 aliphatic heterocycles. The number of methoxy groups -OCH3 is 1. The van der Waals surface area contributed by atoms with Crippen LogP contribution in [0.4, 0.5) is 0 Å². The average molecular weight is 526 g/mol. The largest absolute Gasteiger partial charge is 0.377 e. The van der Waals surface area contributed by atoms with Crippen molar-refractivity contribution in [3.8, 4) is 0 Å². The fourth-order valence-corrected chi connectivity index (χ4v) is 3.64. The molecule has 0 radical (unpaired) electrons. The lowest BCUT2D eigenvalue weighted by Crippen LogP contribution is -2.47. The van der Waals surface area contributed by atoms with Crippen LogP contribution in [0.1, 0.15) is 49.8 Å². The fourth-order valence-electron chi connectivity index (χ4n) is 3.64. The molecular formula is C22H35IN6O. The summed E-state index contributed by atoms with van der Waals surface area (Å²) in [5.74, 6) is 2.72. The molecule has 1 aromatic heterocycles. The third-order valence-electron chi connectivity index (χ3n) is 5.10. The van der Waals surface area contributed by atoms with Crippen molar-refractivity contribution < 1.29 is 4.74 Å². The molecule has 166 valence electrons. The summed E-state index contributed by atoms with van der Waals surface area (Å²) in [6.07, 6.45) is 6.63. The summed E-state index contributed by atoms with van der Waals surface area (Å²) in [5, 5.41) is 11.5. The van der Waals surface area contributed by atoms with E-state index in [0.29, 0.717) is 12.6 Å². The van der Waals surface area contributed by atoms with Crippen LogP contribution in [0.3, 0.4) is 0 Å². The summed E-state index contributed by atoms with van der Waals surface area (Å²) >= 11 is 0. The fraction of sp³-hybridized carbons (Fsp3) is 0.591. The van der Waals surface area contributed by atoms with Crippen molar-refractivity contribution in [2.75, 3.05) is 20.2 Å². The van der Waals surface area contributed by atoms with Crippen molar-refractivity contribution in [1.29, 1.82) is 0 Å². The third kappa shape index (κ3) is 7.86. The van der Waals surface area contributed by atoms with Crippen molar-refractivity contribution >= 4 is 29.9 Å². The van der Waals surface area contributed by atoms with Crippen molar-refractivity contribution in [3.63, 3.8) is 0 Å². The molecule has 0 saturated carbocycles. The molecule has 30 heavy (non-hydrogen) atoms. The lowest BCUT2D eigenvalue weighted by Gasteiger charge is -2.25. The molecule has 0 saturated heterocycles. The van der Waals surface area contributed by atoms with Gasteiger partial charge in [-0.2, -0.15) is 5.10 Å². The summed E-state index contributed by atoms with van der Waals surface area (Å²) in [4.78, 5) is 9.32. The number of ether oxygens (including phenoxy) is 1. The number of rotatable bonds is 10. The van der Waals surface area contributed by atoms with Crippen molar-refractivity contribution in [1.82, 2.24) is 25.4 Å². The Labute approximate surface area is 197 Å². The second-order valence-corrected chi connectivity index (χ2v) is 7.50. The molecule has 2 aromatic rings. The van der Waals surface area contributed by atoms with Gasteiger partial charge >= 0.3 is 0 Å². The number of aromatic nitrogens is 3. The van der Waals surface area contributed by atoms with E-state index in [9.17, 15) is 0 Å². The van der Waals surface area contributed by atoms with Gasteiger partial charge in [0.15, 0.2) is 11.8 Å². The van der Waals surface area contributed by atoms with Crippen LogP contribution in [-0.4, -0.2) is 47.0 Å². The number of halogens is 1. The molecule has 0 bridgehead atoms. The van der Waals surface area contributed by atoms with Gasteiger partial charge in [0.05, 0.1) is 6.54 Å². The van der Waals surface area contributed by atoms with Crippen molar-refractivity contribution in [2.24, 2.45) is 4.99 Å². The van der Waals surface area contributed by atoms with Gasteiger partial charge in [-0.25, -0.2) is 9.67 Å². The number of hydrogen-bond donors (Lipinski definition) is 2. The molecule has 1 unspecified atom stereocenters. The van der Waals surface area contributed by atoms with E-state index in [0.717, 1.165) is 62.9 Å². The third-order valence-corrected chi connectivity index (χ3v) is 5.10. The molecule has 0 amide bonds. The molecule has 1 aliphatic rings. The first-order chi connectivity index (χ1) is 14.3. The Kier molecular flexibility index (Phi) is 11.1. The first kappa shape index (κ1) is 24.6. The molecule has 1 atom stereocenters. The van der Waals surface area contributed by atoms with Gasteiger partial charge in [-0.15, -0.1) is 24.0 Å². The molecule has 2 N–H and O–H groups in total. The Morgan fingerprint density at radius 1 is 1.23 bits per heavy atom. The number of guanidine groups is 1. The van der Waals surface area contributed by atoms with Crippen LogP contribution >= 0.6 is 24.0 Å². The van der Waals surface area contributed by atoms with E-state index in [2.05, 4.69) is 58.0 Å². The van der Waals surface area contributed by atoms with Crippen LogP contribution in [0, 0.1) is 0 Å². The maximum Gasteiger partial charge on any atom is 0.191 e. The maximum atomic E-state index is 5.14. The topological polar surface area (TPSA) is 76.4 Å². The molecule has 0 spiro atoms. The van der Waals surface area contributed by atoms with Crippen LogP contribution in [0.5, 0.6) is 0 Å². The van der Waals surface area contributed by atoms with E-state index in [1.165, 1.54) is 18.4 Å². The number of aryl methyl sites for hydroxylation is 2. The van der Waals surface area contributed by atoms with Gasteiger partial charge in [-0.1, -0.05) is 36.8 Å². The summed E-state index contributed by atoms with van der Waals surface area (Å²) in [6, 6.07) is 11.0. The summed E-state index contributed by atoms with van der Waals surface area (Å²) < 4.78 is 7.15. The Hall–Kier alpha value is -1.68. The Morgan fingerprint density at radius 3 is 2.83 bits per heavy atom.